The Bertz CT molecular complexity index is 84.4. The third-order valence-electron chi connectivity index (χ3n) is 0.566. The Morgan fingerprint density at radius 2 is 1.67 bits per heavy atom. The van der Waals surface area contributed by atoms with E-state index in [9.17, 15) is 0 Å². The summed E-state index contributed by atoms with van der Waals surface area (Å²) < 4.78 is 4.61. The minimum Gasteiger partial charge on any atom is 0 e. The normalized spacial score (nSPS) is 10.7. The zero-order chi connectivity index (χ0) is 4.24. The molecule has 0 saturated heterocycles. The van der Waals surface area contributed by atoms with Gasteiger partial charge in [0.05, 0.1) is 0 Å². The van der Waals surface area contributed by atoms with E-state index in [0.717, 1.165) is 0 Å². The van der Waals surface area contributed by atoms with Crippen LogP contribution >= 0.6 is 0 Å². The molecule has 0 aromatic rings. The van der Waals surface area contributed by atoms with Gasteiger partial charge in [-0.05, 0) is 0 Å². The molecule has 0 aromatic carbocycles. The molecule has 42 valence electrons. The molecule has 0 bridgehead atoms. The monoisotopic (exact) mass is 718 g/mol. The van der Waals surface area contributed by atoms with Crippen molar-refractivity contribution in [3.8, 4) is 0 Å². The average Bonchev–Trinajstić information content (AvgIpc) is 1.72. The Hall–Kier alpha value is 2.79. The zero-order valence-corrected chi connectivity index (χ0v) is 18.0. The second-order valence-electron chi connectivity index (χ2n) is 1.02. The van der Waals surface area contributed by atoms with Crippen molar-refractivity contribution in [2.24, 2.45) is 0 Å². The first-order valence-electron chi connectivity index (χ1n) is 1.85. The predicted octanol–water partition coefficient (Wildman–Crippen LogP) is -0.566. The van der Waals surface area contributed by atoms with Gasteiger partial charge in [0.25, 0.3) is 0 Å². The molecule has 0 aromatic heterocycles. The summed E-state index contributed by atoms with van der Waals surface area (Å²) in [5.41, 5.74) is 0. The minimum absolute atomic E-state index is 0. The van der Waals surface area contributed by atoms with Gasteiger partial charge in [0.2, 0.25) is 0 Å². The molecule has 0 N–H and O–H groups in total. The van der Waals surface area contributed by atoms with Gasteiger partial charge in [-0.15, -0.1) is 0 Å². The molecule has 0 atom stereocenters. The topological polar surface area (TPSA) is 0 Å². The first kappa shape index (κ1) is 17.8. The summed E-state index contributed by atoms with van der Waals surface area (Å²) in [6, 6.07) is 0. The summed E-state index contributed by atoms with van der Waals surface area (Å²) >= 11 is -0.181. The van der Waals surface area contributed by atoms with Crippen LogP contribution in [0.2, 0.25) is 0 Å². The van der Waals surface area contributed by atoms with Gasteiger partial charge in [-0.25, -0.2) is 0 Å². The Kier molecular flexibility index (Phi) is 26.4. The van der Waals surface area contributed by atoms with E-state index in [1.54, 1.807) is 0 Å². The number of rotatable bonds is 0. The summed E-state index contributed by atoms with van der Waals surface area (Å²) in [7, 11) is 0. The first-order valence-corrected chi connectivity index (χ1v) is 5.86. The van der Waals surface area contributed by atoms with Crippen LogP contribution in [0.25, 0.3) is 0 Å². The molecule has 0 nitrogen and oxygen atoms in total. The van der Waals surface area contributed by atoms with Crippen molar-refractivity contribution in [1.82, 2.24) is 0 Å². The molecule has 0 unspecified atom stereocenters. The van der Waals surface area contributed by atoms with Crippen molar-refractivity contribution < 1.29 is 0 Å². The van der Waals surface area contributed by atoms with E-state index in [4.69, 9.17) is 0 Å². The van der Waals surface area contributed by atoms with Crippen molar-refractivity contribution >= 4 is 102 Å². The fraction of sp³-hybridized carbons (Fsp3) is 0. The van der Waals surface area contributed by atoms with E-state index in [2.05, 4.69) is 25.7 Å². The Morgan fingerprint density at radius 3 is 1.78 bits per heavy atom. The molecule has 0 amide bonds. The van der Waals surface area contributed by atoms with Crippen molar-refractivity contribution in [2.45, 2.75) is 0 Å². The van der Waals surface area contributed by atoms with E-state index in [1.165, 1.54) is 0 Å². The second kappa shape index (κ2) is 13.4. The van der Waals surface area contributed by atoms with E-state index < -0.39 is 0 Å². The van der Waals surface area contributed by atoms with Crippen LogP contribution in [0, 0.1) is 0 Å². The van der Waals surface area contributed by atoms with Gasteiger partial charge in [-0.3, -0.25) is 0 Å². The van der Waals surface area contributed by atoms with E-state index in [0.29, 0.717) is 0 Å². The predicted molar refractivity (Wildman–Crippen MR) is 47.4 cm³/mol. The molecule has 0 fully saturated rings. The molecule has 0 saturated carbocycles. The van der Waals surface area contributed by atoms with Crippen molar-refractivity contribution in [3.05, 3.63) is 22.0 Å². The number of hydrogen-bond donors (Lipinski definition) is 0. The molecule has 4 heteroatoms. The van der Waals surface area contributed by atoms with Crippen molar-refractivity contribution in [2.75, 3.05) is 0 Å². The third-order valence-corrected chi connectivity index (χ3v) is 3.24. The number of hydrogen-bond acceptors (Lipinski definition) is 0. The maximum atomic E-state index is 2.31. The maximum Gasteiger partial charge on any atom is 0 e. The van der Waals surface area contributed by atoms with Crippen LogP contribution < -0.4 is 0 Å². The second-order valence-corrected chi connectivity index (χ2v) is 4.50. The SMILES string of the molecule is C1=C[CH]=[Bi][CH]=C1.[Bi].[In].[Sn]. The van der Waals surface area contributed by atoms with E-state index >= 15 is 0 Å². The third kappa shape index (κ3) is 10.8. The van der Waals surface area contributed by atoms with Crippen molar-refractivity contribution in [1.29, 1.82) is 0 Å². The van der Waals surface area contributed by atoms with Crippen LogP contribution in [0.4, 0.5) is 0 Å². The first-order chi connectivity index (χ1) is 3.00. The van der Waals surface area contributed by atoms with Crippen LogP contribution in [-0.4, -0.2) is 102 Å². The summed E-state index contributed by atoms with van der Waals surface area (Å²) in [4.78, 5) is 0. The van der Waals surface area contributed by atoms with E-state index in [1.807, 2.05) is 0 Å². The summed E-state index contributed by atoms with van der Waals surface area (Å²) in [5, 5.41) is 0. The summed E-state index contributed by atoms with van der Waals surface area (Å²) in [5.74, 6) is 0. The van der Waals surface area contributed by atoms with Crippen molar-refractivity contribution in [3.63, 3.8) is 0 Å². The van der Waals surface area contributed by atoms with E-state index in [-0.39, 0.29) is 98.7 Å². The van der Waals surface area contributed by atoms with Gasteiger partial charge < -0.3 is 0 Å². The van der Waals surface area contributed by atoms with Gasteiger partial charge in [0.15, 0.2) is 0 Å². The fourth-order valence-electron chi connectivity index (χ4n) is 0.313. The molecular formula is C5H5Bi2InSn. The molecule has 0 spiro atoms. The Balaban J connectivity index is -0.000000120. The maximum absolute atomic E-state index is 2.31. The quantitative estimate of drug-likeness (QED) is 0.295. The van der Waals surface area contributed by atoms with Crippen LogP contribution in [0.1, 0.15) is 0 Å². The molecule has 9 heavy (non-hydrogen) atoms. The molecule has 0 aliphatic carbocycles. The average molecular weight is 717 g/mol. The Labute approximate surface area is 122 Å². The largest absolute Gasteiger partial charge is 0 e. The van der Waals surface area contributed by atoms with Gasteiger partial charge in [0, 0.05) is 76.0 Å². The van der Waals surface area contributed by atoms with Gasteiger partial charge in [-0.2, -0.15) is 0 Å². The minimum atomic E-state index is -0.181. The number of allylic oxidation sites excluding steroid dienone is 3. The smallest absolute Gasteiger partial charge is 0 e. The van der Waals surface area contributed by atoms with Crippen LogP contribution in [0.5, 0.6) is 0 Å². The van der Waals surface area contributed by atoms with Gasteiger partial charge >= 0.3 is 48.5 Å². The molecule has 1 rings (SSSR count). The molecule has 10 radical (unpaired) electrons. The van der Waals surface area contributed by atoms with Gasteiger partial charge in [-0.1, -0.05) is 0 Å². The molecule has 1 heterocycles. The molecular weight excluding hydrogens is 712 g/mol. The van der Waals surface area contributed by atoms with Crippen LogP contribution in [0.15, 0.2) is 22.0 Å². The zero-order valence-electron chi connectivity index (χ0n) is 4.86. The van der Waals surface area contributed by atoms with Crippen LogP contribution in [-0.2, 0) is 0 Å². The molecule has 1 aliphatic rings. The Morgan fingerprint density at radius 1 is 1.00 bits per heavy atom. The standard InChI is InChI=1S/C5H5.2Bi.In.Sn/c1-3-5-4-2;;;;/h1-5H;;;;. The fourth-order valence-corrected chi connectivity index (χ4v) is 2.24. The summed E-state index contributed by atoms with van der Waals surface area (Å²) in [6.07, 6.45) is 6.35. The van der Waals surface area contributed by atoms with Crippen LogP contribution in [0.3, 0.4) is 0 Å². The molecule has 1 aliphatic heterocycles. The van der Waals surface area contributed by atoms with Gasteiger partial charge in [0.1, 0.15) is 0 Å². The summed E-state index contributed by atoms with van der Waals surface area (Å²) in [6.45, 7) is 0.